The van der Waals surface area contributed by atoms with Crippen LogP contribution >= 0.6 is 0 Å². The van der Waals surface area contributed by atoms with Crippen molar-refractivity contribution in [1.82, 2.24) is 0 Å². The number of nitrogens with two attached hydrogens (primary N) is 1. The molecule has 24 heavy (non-hydrogen) atoms. The number of hydrogen-bond donors (Lipinski definition) is 2. The van der Waals surface area contributed by atoms with Gasteiger partial charge in [0.25, 0.3) is 5.91 Å². The standard InChI is InChI=1S/C20H24N2O2/c1-14(2)20(16-8-5-4-6-9-16)21-13-19(24)22-18-11-7-10-17(12-18)15(3)23/h4-12,14,20-21H,13H2,1-3H3,(H,22,24)/p+1/t20-/m1/s1. The van der Waals surface area contributed by atoms with Crippen LogP contribution in [0.15, 0.2) is 54.6 Å². The van der Waals surface area contributed by atoms with Crippen LogP contribution < -0.4 is 10.6 Å². The highest BCUT2D eigenvalue weighted by molar-refractivity contribution is 5.97. The molecule has 0 radical (unpaired) electrons. The zero-order valence-corrected chi connectivity index (χ0v) is 14.5. The molecule has 1 amide bonds. The Bertz CT molecular complexity index is 696. The monoisotopic (exact) mass is 325 g/mol. The highest BCUT2D eigenvalue weighted by Gasteiger charge is 2.20. The fourth-order valence-corrected chi connectivity index (χ4v) is 2.73. The Hall–Kier alpha value is -2.46. The van der Waals surface area contributed by atoms with Crippen molar-refractivity contribution in [3.05, 3.63) is 65.7 Å². The first-order valence-electron chi connectivity index (χ1n) is 8.26. The zero-order valence-electron chi connectivity index (χ0n) is 14.5. The van der Waals surface area contributed by atoms with Gasteiger partial charge in [0.15, 0.2) is 12.3 Å². The molecule has 4 nitrogen and oxygen atoms in total. The molecule has 0 aromatic heterocycles. The van der Waals surface area contributed by atoms with E-state index in [4.69, 9.17) is 0 Å². The Morgan fingerprint density at radius 1 is 1.04 bits per heavy atom. The Balaban J connectivity index is 1.96. The molecule has 0 aliphatic rings. The lowest BCUT2D eigenvalue weighted by Crippen LogP contribution is -2.88. The van der Waals surface area contributed by atoms with Crippen LogP contribution in [-0.4, -0.2) is 18.2 Å². The number of rotatable bonds is 7. The van der Waals surface area contributed by atoms with Crippen molar-refractivity contribution in [2.24, 2.45) is 5.92 Å². The van der Waals surface area contributed by atoms with Gasteiger partial charge in [-0.2, -0.15) is 0 Å². The number of carbonyl (C=O) groups excluding carboxylic acids is 2. The first kappa shape index (κ1) is 17.9. The summed E-state index contributed by atoms with van der Waals surface area (Å²) in [6, 6.07) is 17.5. The molecule has 0 heterocycles. The van der Waals surface area contributed by atoms with Crippen molar-refractivity contribution in [2.75, 3.05) is 11.9 Å². The van der Waals surface area contributed by atoms with Crippen molar-refractivity contribution in [3.8, 4) is 0 Å². The summed E-state index contributed by atoms with van der Waals surface area (Å²) < 4.78 is 0. The van der Waals surface area contributed by atoms with Gasteiger partial charge in [0.1, 0.15) is 6.04 Å². The molecule has 0 aliphatic carbocycles. The molecule has 4 heteroatoms. The second-order valence-electron chi connectivity index (χ2n) is 6.31. The fraction of sp³-hybridized carbons (Fsp3) is 0.300. The maximum atomic E-state index is 12.2. The van der Waals surface area contributed by atoms with E-state index < -0.39 is 0 Å². The molecule has 1 atom stereocenters. The van der Waals surface area contributed by atoms with Gasteiger partial charge in [-0.1, -0.05) is 56.3 Å². The molecule has 0 saturated carbocycles. The number of benzene rings is 2. The molecule has 0 unspecified atom stereocenters. The van der Waals surface area contributed by atoms with Crippen LogP contribution in [0.3, 0.4) is 0 Å². The van der Waals surface area contributed by atoms with Gasteiger partial charge in [-0.3, -0.25) is 9.59 Å². The molecule has 0 fully saturated rings. The largest absolute Gasteiger partial charge is 0.332 e. The van der Waals surface area contributed by atoms with E-state index in [0.29, 0.717) is 23.7 Å². The van der Waals surface area contributed by atoms with Gasteiger partial charge in [0.2, 0.25) is 0 Å². The summed E-state index contributed by atoms with van der Waals surface area (Å²) in [4.78, 5) is 23.6. The minimum absolute atomic E-state index is 0.0124. The molecule has 0 spiro atoms. The molecular weight excluding hydrogens is 300 g/mol. The van der Waals surface area contributed by atoms with Crippen molar-refractivity contribution in [3.63, 3.8) is 0 Å². The number of amides is 1. The summed E-state index contributed by atoms with van der Waals surface area (Å²) in [6.07, 6.45) is 0. The summed E-state index contributed by atoms with van der Waals surface area (Å²) in [7, 11) is 0. The Labute approximate surface area is 143 Å². The number of carbonyl (C=O) groups is 2. The summed E-state index contributed by atoms with van der Waals surface area (Å²) in [5, 5.41) is 4.92. The third kappa shape index (κ3) is 5.03. The minimum atomic E-state index is -0.0720. The normalized spacial score (nSPS) is 12.0. The molecule has 0 saturated heterocycles. The minimum Gasteiger partial charge on any atom is -0.332 e. The van der Waals surface area contributed by atoms with Gasteiger partial charge in [0.05, 0.1) is 0 Å². The van der Waals surface area contributed by atoms with Crippen molar-refractivity contribution < 1.29 is 14.9 Å². The van der Waals surface area contributed by atoms with Crippen molar-refractivity contribution >= 4 is 17.4 Å². The average molecular weight is 325 g/mol. The van der Waals surface area contributed by atoms with E-state index in [9.17, 15) is 9.59 Å². The van der Waals surface area contributed by atoms with Crippen molar-refractivity contribution in [1.29, 1.82) is 0 Å². The van der Waals surface area contributed by atoms with Crippen LogP contribution in [-0.2, 0) is 4.79 Å². The Kier molecular flexibility index (Phi) is 6.27. The molecule has 3 N–H and O–H groups in total. The van der Waals surface area contributed by atoms with E-state index in [2.05, 4.69) is 36.6 Å². The van der Waals surface area contributed by atoms with E-state index in [1.165, 1.54) is 12.5 Å². The summed E-state index contributed by atoms with van der Waals surface area (Å²) in [6.45, 7) is 6.16. The van der Waals surface area contributed by atoms with Crippen LogP contribution in [0.25, 0.3) is 0 Å². The second-order valence-corrected chi connectivity index (χ2v) is 6.31. The Morgan fingerprint density at radius 2 is 1.75 bits per heavy atom. The molecule has 2 rings (SSSR count). The lowest BCUT2D eigenvalue weighted by molar-refractivity contribution is -0.692. The molecule has 0 bridgehead atoms. The van der Waals surface area contributed by atoms with E-state index in [1.54, 1.807) is 24.3 Å². The lowest BCUT2D eigenvalue weighted by Gasteiger charge is -2.19. The van der Waals surface area contributed by atoms with E-state index >= 15 is 0 Å². The van der Waals surface area contributed by atoms with Crippen LogP contribution in [0.1, 0.15) is 42.7 Å². The van der Waals surface area contributed by atoms with E-state index in [-0.39, 0.29) is 17.7 Å². The smallest absolute Gasteiger partial charge is 0.279 e. The molecule has 2 aromatic carbocycles. The van der Waals surface area contributed by atoms with Crippen LogP contribution in [0.2, 0.25) is 0 Å². The maximum absolute atomic E-state index is 12.2. The van der Waals surface area contributed by atoms with Gasteiger partial charge in [0, 0.05) is 22.7 Å². The number of hydrogen-bond acceptors (Lipinski definition) is 2. The maximum Gasteiger partial charge on any atom is 0.279 e. The molecular formula is C20H25N2O2+. The van der Waals surface area contributed by atoms with Gasteiger partial charge in [-0.05, 0) is 19.1 Å². The van der Waals surface area contributed by atoms with Gasteiger partial charge in [-0.15, -0.1) is 0 Å². The third-order valence-corrected chi connectivity index (χ3v) is 4.01. The summed E-state index contributed by atoms with van der Waals surface area (Å²) in [5.74, 6) is 0.333. The van der Waals surface area contributed by atoms with Crippen molar-refractivity contribution in [2.45, 2.75) is 26.8 Å². The number of nitrogens with one attached hydrogen (secondary N) is 1. The van der Waals surface area contributed by atoms with Gasteiger partial charge < -0.3 is 10.6 Å². The van der Waals surface area contributed by atoms with E-state index in [1.807, 2.05) is 18.2 Å². The topological polar surface area (TPSA) is 62.8 Å². The first-order chi connectivity index (χ1) is 11.5. The molecule has 126 valence electrons. The summed E-state index contributed by atoms with van der Waals surface area (Å²) in [5.41, 5.74) is 2.47. The zero-order chi connectivity index (χ0) is 17.5. The number of quaternary nitrogens is 1. The van der Waals surface area contributed by atoms with E-state index in [0.717, 1.165) is 0 Å². The van der Waals surface area contributed by atoms with Crippen LogP contribution in [0.5, 0.6) is 0 Å². The van der Waals surface area contributed by atoms with Gasteiger partial charge >= 0.3 is 0 Å². The fourth-order valence-electron chi connectivity index (χ4n) is 2.73. The predicted octanol–water partition coefficient (Wildman–Crippen LogP) is 2.79. The number of ketones is 1. The molecule has 0 aliphatic heterocycles. The Morgan fingerprint density at radius 3 is 2.38 bits per heavy atom. The molecule has 2 aromatic rings. The quantitative estimate of drug-likeness (QED) is 0.769. The third-order valence-electron chi connectivity index (χ3n) is 4.01. The highest BCUT2D eigenvalue weighted by atomic mass is 16.2. The second kappa shape index (κ2) is 8.41. The summed E-state index contributed by atoms with van der Waals surface area (Å²) >= 11 is 0. The first-order valence-corrected chi connectivity index (χ1v) is 8.26. The lowest BCUT2D eigenvalue weighted by atomic mass is 9.96. The van der Waals surface area contributed by atoms with Gasteiger partial charge in [-0.25, -0.2) is 0 Å². The predicted molar refractivity (Wildman–Crippen MR) is 95.9 cm³/mol. The highest BCUT2D eigenvalue weighted by Crippen LogP contribution is 2.17. The average Bonchev–Trinajstić information content (AvgIpc) is 2.56. The van der Waals surface area contributed by atoms with Crippen LogP contribution in [0.4, 0.5) is 5.69 Å². The number of anilines is 1. The van der Waals surface area contributed by atoms with Crippen LogP contribution in [0, 0.1) is 5.92 Å². The number of Topliss-reactive ketones (excluding diaryl/α,β-unsaturated/α-hetero) is 1. The SMILES string of the molecule is CC(=O)c1cccc(NC(=O)C[NH2+][C@@H](c2ccccc2)C(C)C)c1.